The zero-order valence-electron chi connectivity index (χ0n) is 13.1. The number of benzene rings is 2. The van der Waals surface area contributed by atoms with Crippen molar-refractivity contribution in [1.82, 2.24) is 4.98 Å². The second-order valence-electron chi connectivity index (χ2n) is 6.56. The molecule has 0 aliphatic carbocycles. The van der Waals surface area contributed by atoms with E-state index in [0.29, 0.717) is 0 Å². The number of fused-ring (bicyclic) bond motifs is 4. The molecule has 0 spiro atoms. The molecule has 0 unspecified atom stereocenters. The van der Waals surface area contributed by atoms with E-state index in [1.807, 2.05) is 24.0 Å². The predicted octanol–water partition coefficient (Wildman–Crippen LogP) is 5.66. The van der Waals surface area contributed by atoms with Gasteiger partial charge in [0.25, 0.3) is 0 Å². The molecule has 3 aromatic rings. The number of hydrogen-bond donors (Lipinski definition) is 0. The number of pyridine rings is 1. The maximum Gasteiger partial charge on any atom is 0.151 e. The molecule has 1 aromatic heterocycles. The first-order valence-corrected chi connectivity index (χ1v) is 8.65. The molecule has 2 aliphatic heterocycles. The molecule has 0 N–H and O–H groups in total. The number of rotatable bonds is 0. The van der Waals surface area contributed by atoms with Gasteiger partial charge in [-0.25, -0.2) is 4.98 Å². The van der Waals surface area contributed by atoms with Crippen LogP contribution in [-0.4, -0.2) is 4.98 Å². The largest absolute Gasteiger partial charge is 0.292 e. The molecule has 23 heavy (non-hydrogen) atoms. The summed E-state index contributed by atoms with van der Waals surface area (Å²) >= 11 is 1.82. The number of para-hydroxylation sites is 2. The van der Waals surface area contributed by atoms with Crippen LogP contribution in [0.25, 0.3) is 0 Å². The molecule has 0 amide bonds. The molecule has 0 fully saturated rings. The van der Waals surface area contributed by atoms with E-state index in [0.717, 1.165) is 5.82 Å². The van der Waals surface area contributed by atoms with E-state index in [1.54, 1.807) is 0 Å². The van der Waals surface area contributed by atoms with Crippen LogP contribution in [0.3, 0.4) is 0 Å². The quantitative estimate of drug-likeness (QED) is 0.417. The van der Waals surface area contributed by atoms with E-state index >= 15 is 0 Å². The van der Waals surface area contributed by atoms with Gasteiger partial charge in [-0.2, -0.15) is 0 Å². The average Bonchev–Trinajstić information content (AvgIpc) is 2.58. The highest BCUT2D eigenvalue weighted by Gasteiger charge is 2.40. The van der Waals surface area contributed by atoms with Crippen LogP contribution in [0, 0.1) is 0 Å². The van der Waals surface area contributed by atoms with Crippen LogP contribution in [0.4, 0.5) is 17.2 Å². The first kappa shape index (κ1) is 13.2. The molecule has 2 aliphatic rings. The molecule has 0 bridgehead atoms. The average molecular weight is 316 g/mol. The summed E-state index contributed by atoms with van der Waals surface area (Å²) in [5.74, 6) is 1.04. The fourth-order valence-corrected chi connectivity index (χ4v) is 4.83. The monoisotopic (exact) mass is 316 g/mol. The van der Waals surface area contributed by atoms with Gasteiger partial charge in [-0.15, -0.1) is 0 Å². The molecule has 2 aromatic carbocycles. The smallest absolute Gasteiger partial charge is 0.151 e. The topological polar surface area (TPSA) is 16.1 Å². The van der Waals surface area contributed by atoms with Crippen molar-refractivity contribution in [3.63, 3.8) is 0 Å². The Bertz CT molecular complexity index is 946. The molecule has 0 radical (unpaired) electrons. The fraction of sp³-hybridized carbons (Fsp3) is 0.150. The van der Waals surface area contributed by atoms with Gasteiger partial charge in [0.15, 0.2) is 5.82 Å². The number of nitrogens with zero attached hydrogens (tertiary/aromatic N) is 2. The number of anilines is 3. The van der Waals surface area contributed by atoms with Crippen LogP contribution in [-0.2, 0) is 5.41 Å². The summed E-state index contributed by atoms with van der Waals surface area (Å²) < 4.78 is 0. The van der Waals surface area contributed by atoms with Gasteiger partial charge in [0.2, 0.25) is 0 Å². The van der Waals surface area contributed by atoms with E-state index in [9.17, 15) is 0 Å². The van der Waals surface area contributed by atoms with E-state index in [4.69, 9.17) is 4.98 Å². The normalized spacial score (nSPS) is 16.3. The van der Waals surface area contributed by atoms with Crippen LogP contribution >= 0.6 is 11.8 Å². The highest BCUT2D eigenvalue weighted by atomic mass is 32.2. The Balaban J connectivity index is 1.92. The van der Waals surface area contributed by atoms with Gasteiger partial charge >= 0.3 is 0 Å². The molecule has 2 nitrogen and oxygen atoms in total. The Morgan fingerprint density at radius 3 is 2.57 bits per heavy atom. The van der Waals surface area contributed by atoms with Crippen molar-refractivity contribution in [2.24, 2.45) is 0 Å². The molecule has 0 saturated carbocycles. The Labute approximate surface area is 140 Å². The van der Waals surface area contributed by atoms with Crippen LogP contribution in [0.1, 0.15) is 25.0 Å². The van der Waals surface area contributed by atoms with Crippen LogP contribution < -0.4 is 4.90 Å². The van der Waals surface area contributed by atoms with Crippen molar-refractivity contribution in [3.8, 4) is 0 Å². The maximum absolute atomic E-state index is 4.70. The summed E-state index contributed by atoms with van der Waals surface area (Å²) in [5, 5.41) is 0. The summed E-state index contributed by atoms with van der Waals surface area (Å²) in [5.41, 5.74) is 5.27. The third kappa shape index (κ3) is 1.63. The van der Waals surface area contributed by atoms with Crippen molar-refractivity contribution >= 4 is 29.0 Å². The molecule has 0 saturated heterocycles. The SMILES string of the molecule is CC1(C)c2ccccc2N2c3ncccc3Sc3cccc1c32. The molecule has 0 atom stereocenters. The Kier molecular flexibility index (Phi) is 2.52. The summed E-state index contributed by atoms with van der Waals surface area (Å²) in [6, 6.07) is 19.5. The number of aromatic nitrogens is 1. The van der Waals surface area contributed by atoms with Crippen LogP contribution in [0.2, 0.25) is 0 Å². The summed E-state index contributed by atoms with van der Waals surface area (Å²) in [6.07, 6.45) is 1.88. The summed E-state index contributed by atoms with van der Waals surface area (Å²) in [6.45, 7) is 4.63. The lowest BCUT2D eigenvalue weighted by atomic mass is 9.73. The lowest BCUT2D eigenvalue weighted by Gasteiger charge is -2.44. The van der Waals surface area contributed by atoms with Gasteiger partial charge < -0.3 is 0 Å². The van der Waals surface area contributed by atoms with Crippen molar-refractivity contribution in [1.29, 1.82) is 0 Å². The van der Waals surface area contributed by atoms with Crippen molar-refractivity contribution in [2.75, 3.05) is 4.90 Å². The minimum Gasteiger partial charge on any atom is -0.292 e. The third-order valence-electron chi connectivity index (χ3n) is 4.90. The summed E-state index contributed by atoms with van der Waals surface area (Å²) in [7, 11) is 0. The van der Waals surface area contributed by atoms with E-state index in [2.05, 4.69) is 67.3 Å². The highest BCUT2D eigenvalue weighted by Crippen LogP contribution is 2.58. The lowest BCUT2D eigenvalue weighted by molar-refractivity contribution is 0.628. The van der Waals surface area contributed by atoms with Gasteiger partial charge in [0.05, 0.1) is 16.3 Å². The van der Waals surface area contributed by atoms with Gasteiger partial charge in [0.1, 0.15) is 0 Å². The van der Waals surface area contributed by atoms with Gasteiger partial charge in [-0.05, 0) is 35.4 Å². The van der Waals surface area contributed by atoms with E-state index in [1.165, 1.54) is 32.3 Å². The minimum atomic E-state index is -0.00865. The van der Waals surface area contributed by atoms with Crippen LogP contribution in [0.5, 0.6) is 0 Å². The van der Waals surface area contributed by atoms with Crippen LogP contribution in [0.15, 0.2) is 70.6 Å². The Hall–Kier alpha value is -2.26. The molecule has 3 heteroatoms. The first-order chi connectivity index (χ1) is 11.2. The van der Waals surface area contributed by atoms with E-state index < -0.39 is 0 Å². The number of hydrogen-bond acceptors (Lipinski definition) is 3. The predicted molar refractivity (Wildman–Crippen MR) is 95.2 cm³/mol. The fourth-order valence-electron chi connectivity index (χ4n) is 3.77. The lowest BCUT2D eigenvalue weighted by Crippen LogP contribution is -2.32. The molecule has 5 rings (SSSR count). The Morgan fingerprint density at radius 1 is 0.870 bits per heavy atom. The van der Waals surface area contributed by atoms with Gasteiger partial charge in [-0.3, -0.25) is 4.90 Å². The minimum absolute atomic E-state index is 0.00865. The zero-order chi connectivity index (χ0) is 15.6. The first-order valence-electron chi connectivity index (χ1n) is 7.84. The van der Waals surface area contributed by atoms with Crippen molar-refractivity contribution in [2.45, 2.75) is 29.1 Å². The highest BCUT2D eigenvalue weighted by molar-refractivity contribution is 7.99. The molecule has 112 valence electrons. The van der Waals surface area contributed by atoms with Crippen molar-refractivity contribution in [3.05, 3.63) is 71.9 Å². The molecule has 3 heterocycles. The maximum atomic E-state index is 4.70. The van der Waals surface area contributed by atoms with Gasteiger partial charge in [0, 0.05) is 16.5 Å². The Morgan fingerprint density at radius 2 is 1.65 bits per heavy atom. The third-order valence-corrected chi connectivity index (χ3v) is 5.98. The summed E-state index contributed by atoms with van der Waals surface area (Å²) in [4.78, 5) is 9.57. The standard InChI is InChI=1S/C20H16N2S/c1-20(2)13-7-3-4-9-15(13)22-18-14(20)8-5-10-16(18)23-17-11-6-12-21-19(17)22/h3-12H,1-2H3. The van der Waals surface area contributed by atoms with Crippen molar-refractivity contribution < 1.29 is 0 Å². The molecular formula is C20H16N2S. The second-order valence-corrected chi connectivity index (χ2v) is 7.64. The van der Waals surface area contributed by atoms with E-state index in [-0.39, 0.29) is 5.41 Å². The zero-order valence-corrected chi connectivity index (χ0v) is 13.9. The second kappa shape index (κ2) is 4.39. The molecular weight excluding hydrogens is 300 g/mol. The van der Waals surface area contributed by atoms with Gasteiger partial charge in [-0.1, -0.05) is 55.9 Å².